The molecule has 3 atom stereocenters. The summed E-state index contributed by atoms with van der Waals surface area (Å²) in [7, 11) is 0. The first-order chi connectivity index (χ1) is 18.9. The summed E-state index contributed by atoms with van der Waals surface area (Å²) in [5.74, 6) is 0.595. The van der Waals surface area contributed by atoms with Crippen molar-refractivity contribution in [2.75, 3.05) is 18.0 Å². The normalized spacial score (nSPS) is 24.2. The third kappa shape index (κ3) is 6.33. The van der Waals surface area contributed by atoms with Gasteiger partial charge in [0.15, 0.2) is 5.76 Å². The maximum absolute atomic E-state index is 12.9. The Labute approximate surface area is 225 Å². The third-order valence-corrected chi connectivity index (χ3v) is 7.34. The zero-order chi connectivity index (χ0) is 28.5. The van der Waals surface area contributed by atoms with E-state index in [0.717, 1.165) is 44.5 Å². The number of oxazole rings is 1. The second-order valence-corrected chi connectivity index (χ2v) is 10.2. The van der Waals surface area contributed by atoms with Gasteiger partial charge >= 0.3 is 12.5 Å². The molecule has 1 aromatic carbocycles. The van der Waals surface area contributed by atoms with Gasteiger partial charge in [-0.1, -0.05) is 12.8 Å². The Morgan fingerprint density at radius 3 is 2.35 bits per heavy atom. The molecule has 2 fully saturated rings. The molecule has 0 spiro atoms. The van der Waals surface area contributed by atoms with Crippen molar-refractivity contribution < 1.29 is 35.5 Å². The van der Waals surface area contributed by atoms with Crippen LogP contribution in [0.3, 0.4) is 0 Å². The van der Waals surface area contributed by atoms with Gasteiger partial charge in [-0.3, -0.25) is 0 Å². The van der Waals surface area contributed by atoms with Crippen molar-refractivity contribution in [3.05, 3.63) is 54.3 Å². The van der Waals surface area contributed by atoms with Gasteiger partial charge in [-0.05, 0) is 49.9 Å². The van der Waals surface area contributed by atoms with Crippen LogP contribution in [0, 0.1) is 0 Å². The van der Waals surface area contributed by atoms with Crippen molar-refractivity contribution in [2.45, 2.75) is 68.7 Å². The van der Waals surface area contributed by atoms with Gasteiger partial charge in [-0.25, -0.2) is 15.0 Å². The molecule has 14 heteroatoms. The Morgan fingerprint density at radius 1 is 0.950 bits per heavy atom. The van der Waals surface area contributed by atoms with Gasteiger partial charge in [0.25, 0.3) is 0 Å². The second-order valence-electron chi connectivity index (χ2n) is 10.2. The number of benzene rings is 1. The summed E-state index contributed by atoms with van der Waals surface area (Å²) in [6.07, 6.45) is -1.36. The maximum atomic E-state index is 12.9. The van der Waals surface area contributed by atoms with Crippen LogP contribution >= 0.6 is 0 Å². The number of rotatable bonds is 6. The molecular formula is C26H28F6N6O2. The highest BCUT2D eigenvalue weighted by Crippen LogP contribution is 2.37. The van der Waals surface area contributed by atoms with Gasteiger partial charge in [0.1, 0.15) is 11.3 Å². The van der Waals surface area contributed by atoms with E-state index in [1.54, 1.807) is 0 Å². The van der Waals surface area contributed by atoms with Crippen molar-refractivity contribution in [3.8, 4) is 17.1 Å². The van der Waals surface area contributed by atoms with E-state index in [-0.39, 0.29) is 23.8 Å². The van der Waals surface area contributed by atoms with Crippen LogP contribution in [0.5, 0.6) is 5.75 Å². The van der Waals surface area contributed by atoms with Crippen molar-refractivity contribution >= 4 is 5.95 Å². The van der Waals surface area contributed by atoms with Crippen molar-refractivity contribution in [1.82, 2.24) is 20.3 Å². The minimum absolute atomic E-state index is 0.0127. The van der Waals surface area contributed by atoms with Gasteiger partial charge in [0.05, 0.1) is 11.8 Å². The van der Waals surface area contributed by atoms with E-state index < -0.39 is 23.6 Å². The Kier molecular flexibility index (Phi) is 7.66. The molecule has 8 nitrogen and oxygen atoms in total. The minimum atomic E-state index is -4.78. The number of hydrogen-bond donors (Lipinski definition) is 2. The van der Waals surface area contributed by atoms with Crippen LogP contribution in [-0.2, 0) is 11.7 Å². The van der Waals surface area contributed by atoms with E-state index in [2.05, 4.69) is 25.0 Å². The van der Waals surface area contributed by atoms with E-state index in [4.69, 9.17) is 10.2 Å². The van der Waals surface area contributed by atoms with Gasteiger partial charge in [0, 0.05) is 43.1 Å². The summed E-state index contributed by atoms with van der Waals surface area (Å²) in [5, 5.41) is 3.64. The molecule has 5 rings (SSSR count). The van der Waals surface area contributed by atoms with Gasteiger partial charge in [-0.2, -0.15) is 13.2 Å². The number of nitrogens with zero attached hydrogens (tertiary/aromatic N) is 4. The number of ether oxygens (including phenoxy) is 1. The molecule has 3 heterocycles. The first-order valence-corrected chi connectivity index (χ1v) is 12.9. The van der Waals surface area contributed by atoms with Crippen LogP contribution in [0.1, 0.15) is 50.0 Å². The van der Waals surface area contributed by atoms with Crippen LogP contribution < -0.4 is 20.7 Å². The first kappa shape index (κ1) is 28.1. The lowest BCUT2D eigenvalue weighted by Crippen LogP contribution is -2.61. The summed E-state index contributed by atoms with van der Waals surface area (Å²) >= 11 is 0. The summed E-state index contributed by atoms with van der Waals surface area (Å²) in [5.41, 5.74) is 5.62. The average Bonchev–Trinajstić information content (AvgIpc) is 3.41. The van der Waals surface area contributed by atoms with E-state index in [0.29, 0.717) is 36.7 Å². The zero-order valence-corrected chi connectivity index (χ0v) is 21.3. The topological polar surface area (TPSA) is 102 Å². The van der Waals surface area contributed by atoms with E-state index in [1.807, 2.05) is 4.90 Å². The molecule has 2 aliphatic rings. The lowest BCUT2D eigenvalue weighted by Gasteiger charge is -2.43. The SMILES string of the molecule is NC1(c2ncc(-c3ccc(OC(F)(F)F)cc3)o2)CCCCC1NC1CCCN(c2ncc(C(F)(F)F)cn2)C1. The lowest BCUT2D eigenvalue weighted by molar-refractivity contribution is -0.274. The molecular weight excluding hydrogens is 542 g/mol. The standard InChI is InChI=1S/C26H28F6N6O2/c27-25(28,29)17-12-35-23(36-13-17)38-11-3-4-18(15-38)37-21-5-1-2-10-24(21,33)22-34-14-20(39-22)16-6-8-19(9-7-16)40-26(30,31)32/h6-9,12-14,18,21,37H,1-5,10-11,15,33H2. The van der Waals surface area contributed by atoms with Gasteiger partial charge in [0.2, 0.25) is 11.8 Å². The fourth-order valence-corrected chi connectivity index (χ4v) is 5.34. The van der Waals surface area contributed by atoms with Crippen LogP contribution in [0.2, 0.25) is 0 Å². The van der Waals surface area contributed by atoms with E-state index >= 15 is 0 Å². The summed E-state index contributed by atoms with van der Waals surface area (Å²) < 4.78 is 86.0. The summed E-state index contributed by atoms with van der Waals surface area (Å²) in [6, 6.07) is 5.10. The molecule has 3 aromatic rings. The van der Waals surface area contributed by atoms with Crippen LogP contribution in [0.25, 0.3) is 11.3 Å². The van der Waals surface area contributed by atoms with Crippen LogP contribution in [0.15, 0.2) is 47.3 Å². The molecule has 0 bridgehead atoms. The van der Waals surface area contributed by atoms with Crippen molar-refractivity contribution in [3.63, 3.8) is 0 Å². The molecule has 1 saturated heterocycles. The number of alkyl halides is 6. The Balaban J connectivity index is 1.28. The summed E-state index contributed by atoms with van der Waals surface area (Å²) in [4.78, 5) is 14.2. The molecule has 0 radical (unpaired) electrons. The zero-order valence-electron chi connectivity index (χ0n) is 21.3. The van der Waals surface area contributed by atoms with Crippen molar-refractivity contribution in [1.29, 1.82) is 0 Å². The van der Waals surface area contributed by atoms with E-state index in [9.17, 15) is 26.3 Å². The Morgan fingerprint density at radius 2 is 1.68 bits per heavy atom. The van der Waals surface area contributed by atoms with Gasteiger partial charge in [-0.15, -0.1) is 13.2 Å². The van der Waals surface area contributed by atoms with Crippen molar-refractivity contribution in [2.24, 2.45) is 5.73 Å². The maximum Gasteiger partial charge on any atom is 0.573 e. The monoisotopic (exact) mass is 570 g/mol. The molecule has 1 aliphatic heterocycles. The number of nitrogens with two attached hydrogens (primary N) is 1. The lowest BCUT2D eigenvalue weighted by atomic mass is 9.77. The van der Waals surface area contributed by atoms with Crippen LogP contribution in [-0.4, -0.2) is 46.5 Å². The average molecular weight is 571 g/mol. The number of piperidine rings is 1. The molecule has 2 aromatic heterocycles. The molecule has 1 saturated carbocycles. The number of aromatic nitrogens is 3. The van der Waals surface area contributed by atoms with Crippen LogP contribution in [0.4, 0.5) is 32.3 Å². The first-order valence-electron chi connectivity index (χ1n) is 12.9. The molecule has 3 unspecified atom stereocenters. The Bertz CT molecular complexity index is 1280. The molecule has 40 heavy (non-hydrogen) atoms. The predicted octanol–water partition coefficient (Wildman–Crippen LogP) is 5.40. The second kappa shape index (κ2) is 10.9. The molecule has 3 N–H and O–H groups in total. The smallest absolute Gasteiger partial charge is 0.439 e. The summed E-state index contributed by atoms with van der Waals surface area (Å²) in [6.45, 7) is 1.12. The Hall–Kier alpha value is -3.39. The molecule has 1 aliphatic carbocycles. The number of anilines is 1. The highest BCUT2D eigenvalue weighted by molar-refractivity contribution is 5.57. The number of nitrogens with one attached hydrogen (secondary N) is 1. The highest BCUT2D eigenvalue weighted by Gasteiger charge is 2.44. The number of halogens is 6. The number of hydrogen-bond acceptors (Lipinski definition) is 8. The molecule has 0 amide bonds. The fourth-order valence-electron chi connectivity index (χ4n) is 5.34. The minimum Gasteiger partial charge on any atom is -0.439 e. The third-order valence-electron chi connectivity index (χ3n) is 7.34. The highest BCUT2D eigenvalue weighted by atomic mass is 19.4. The van der Waals surface area contributed by atoms with Gasteiger partial charge < -0.3 is 25.1 Å². The quantitative estimate of drug-likeness (QED) is 0.380. The molecule has 216 valence electrons. The predicted molar refractivity (Wildman–Crippen MR) is 132 cm³/mol. The van der Waals surface area contributed by atoms with E-state index in [1.165, 1.54) is 30.5 Å². The largest absolute Gasteiger partial charge is 0.573 e. The fraction of sp³-hybridized carbons (Fsp3) is 0.500.